The number of rotatable bonds is 4. The van der Waals surface area contributed by atoms with Crippen molar-refractivity contribution in [1.29, 1.82) is 0 Å². The Labute approximate surface area is 112 Å². The third-order valence-corrected chi connectivity index (χ3v) is 3.90. The Morgan fingerprint density at radius 1 is 1.28 bits per heavy atom. The fraction of sp³-hybridized carbons (Fsp3) is 0.357. The van der Waals surface area contributed by atoms with Gasteiger partial charge in [0.2, 0.25) is 0 Å². The Kier molecular flexibility index (Phi) is 3.87. The molecule has 1 heterocycles. The number of aromatic nitrogens is 1. The van der Waals surface area contributed by atoms with E-state index >= 15 is 0 Å². The number of nitrogens with zero attached hydrogens (tertiary/aromatic N) is 2. The zero-order valence-electron chi connectivity index (χ0n) is 10.9. The van der Waals surface area contributed by atoms with Gasteiger partial charge in [-0.05, 0) is 24.1 Å². The molecule has 0 unspecified atom stereocenters. The first-order chi connectivity index (χ1) is 8.56. The van der Waals surface area contributed by atoms with E-state index in [1.165, 1.54) is 5.56 Å². The maximum atomic E-state index is 9.26. The summed E-state index contributed by atoms with van der Waals surface area (Å²) in [6.07, 6.45) is 0.941. The van der Waals surface area contributed by atoms with E-state index in [0.717, 1.165) is 17.2 Å². The van der Waals surface area contributed by atoms with Gasteiger partial charge >= 0.3 is 0 Å². The number of aromatic hydroxyl groups is 1. The SMILES string of the molecule is C[C@@H](Cc1ccc(O)cc1)c1csc(N(C)C)n1. The quantitative estimate of drug-likeness (QED) is 0.918. The molecule has 3 nitrogen and oxygen atoms in total. The van der Waals surface area contributed by atoms with E-state index in [9.17, 15) is 5.11 Å². The highest BCUT2D eigenvalue weighted by Gasteiger charge is 2.11. The van der Waals surface area contributed by atoms with Crippen LogP contribution in [0.4, 0.5) is 5.13 Å². The molecule has 0 saturated heterocycles. The zero-order chi connectivity index (χ0) is 13.1. The van der Waals surface area contributed by atoms with Gasteiger partial charge in [-0.1, -0.05) is 19.1 Å². The largest absolute Gasteiger partial charge is 0.508 e. The van der Waals surface area contributed by atoms with Gasteiger partial charge in [-0.2, -0.15) is 0 Å². The lowest BCUT2D eigenvalue weighted by Crippen LogP contribution is -2.08. The first-order valence-corrected chi connectivity index (χ1v) is 6.85. The van der Waals surface area contributed by atoms with Crippen molar-refractivity contribution in [2.24, 2.45) is 0 Å². The molecular weight excluding hydrogens is 244 g/mol. The topological polar surface area (TPSA) is 36.4 Å². The number of phenolic OH excluding ortho intramolecular Hbond substituents is 1. The van der Waals surface area contributed by atoms with Crippen molar-refractivity contribution in [2.45, 2.75) is 19.3 Å². The zero-order valence-corrected chi connectivity index (χ0v) is 11.7. The molecule has 0 amide bonds. The number of anilines is 1. The molecule has 1 N–H and O–H groups in total. The van der Waals surface area contributed by atoms with Gasteiger partial charge in [0.15, 0.2) is 5.13 Å². The van der Waals surface area contributed by atoms with Crippen LogP contribution in [-0.4, -0.2) is 24.2 Å². The van der Waals surface area contributed by atoms with Crippen LogP contribution >= 0.6 is 11.3 Å². The highest BCUT2D eigenvalue weighted by Crippen LogP contribution is 2.26. The van der Waals surface area contributed by atoms with Crippen LogP contribution in [0.1, 0.15) is 24.1 Å². The summed E-state index contributed by atoms with van der Waals surface area (Å²) in [6, 6.07) is 7.39. The van der Waals surface area contributed by atoms with Crippen LogP contribution in [0.2, 0.25) is 0 Å². The molecule has 1 aromatic carbocycles. The smallest absolute Gasteiger partial charge is 0.184 e. The predicted octanol–water partition coefficient (Wildman–Crippen LogP) is 3.26. The van der Waals surface area contributed by atoms with E-state index in [1.807, 2.05) is 31.1 Å². The molecule has 0 fully saturated rings. The van der Waals surface area contributed by atoms with Crippen molar-refractivity contribution < 1.29 is 5.11 Å². The standard InChI is InChI=1S/C14H18N2OS/c1-10(8-11-4-6-12(17)7-5-11)13-9-18-14(15-13)16(2)3/h4-7,9-10,17H,8H2,1-3H3/t10-/m0/s1. The Balaban J connectivity index is 2.06. The second-order valence-electron chi connectivity index (χ2n) is 4.72. The summed E-state index contributed by atoms with van der Waals surface area (Å²) >= 11 is 1.67. The fourth-order valence-electron chi connectivity index (χ4n) is 1.80. The average Bonchev–Trinajstić information content (AvgIpc) is 2.81. The van der Waals surface area contributed by atoms with E-state index in [1.54, 1.807) is 23.5 Å². The Bertz CT molecular complexity index is 505. The van der Waals surface area contributed by atoms with Gasteiger partial charge < -0.3 is 10.0 Å². The number of hydrogen-bond donors (Lipinski definition) is 1. The van der Waals surface area contributed by atoms with E-state index < -0.39 is 0 Å². The fourth-order valence-corrected chi connectivity index (χ4v) is 2.68. The van der Waals surface area contributed by atoms with Crippen LogP contribution in [0.5, 0.6) is 5.75 Å². The van der Waals surface area contributed by atoms with Crippen LogP contribution in [0.15, 0.2) is 29.6 Å². The lowest BCUT2D eigenvalue weighted by atomic mass is 9.99. The summed E-state index contributed by atoms with van der Waals surface area (Å²) in [4.78, 5) is 6.65. The lowest BCUT2D eigenvalue weighted by molar-refractivity contribution is 0.475. The maximum absolute atomic E-state index is 9.26. The van der Waals surface area contributed by atoms with E-state index in [0.29, 0.717) is 11.7 Å². The normalized spacial score (nSPS) is 12.4. The molecule has 0 spiro atoms. The van der Waals surface area contributed by atoms with E-state index in [-0.39, 0.29) is 0 Å². The molecule has 0 aliphatic carbocycles. The molecular formula is C14H18N2OS. The Morgan fingerprint density at radius 3 is 2.50 bits per heavy atom. The highest BCUT2D eigenvalue weighted by molar-refractivity contribution is 7.13. The van der Waals surface area contributed by atoms with E-state index in [2.05, 4.69) is 17.3 Å². The molecule has 2 rings (SSSR count). The van der Waals surface area contributed by atoms with Gasteiger partial charge in [0.1, 0.15) is 5.75 Å². The van der Waals surface area contributed by atoms with Crippen LogP contribution in [0.25, 0.3) is 0 Å². The van der Waals surface area contributed by atoms with Gasteiger partial charge in [-0.3, -0.25) is 0 Å². The average molecular weight is 262 g/mol. The van der Waals surface area contributed by atoms with Gasteiger partial charge in [0.05, 0.1) is 5.69 Å². The van der Waals surface area contributed by atoms with Crippen molar-refractivity contribution in [3.05, 3.63) is 40.9 Å². The molecule has 18 heavy (non-hydrogen) atoms. The molecule has 0 radical (unpaired) electrons. The van der Waals surface area contributed by atoms with Gasteiger partial charge in [0, 0.05) is 25.4 Å². The van der Waals surface area contributed by atoms with E-state index in [4.69, 9.17) is 0 Å². The second-order valence-corrected chi connectivity index (χ2v) is 5.56. The second kappa shape index (κ2) is 5.40. The molecule has 0 aliphatic rings. The third kappa shape index (κ3) is 3.01. The van der Waals surface area contributed by atoms with Gasteiger partial charge in [-0.15, -0.1) is 11.3 Å². The molecule has 0 aliphatic heterocycles. The predicted molar refractivity (Wildman–Crippen MR) is 76.7 cm³/mol. The minimum Gasteiger partial charge on any atom is -0.508 e. The molecule has 96 valence electrons. The van der Waals surface area contributed by atoms with Crippen molar-refractivity contribution in [2.75, 3.05) is 19.0 Å². The van der Waals surface area contributed by atoms with Gasteiger partial charge in [0.25, 0.3) is 0 Å². The summed E-state index contributed by atoms with van der Waals surface area (Å²) in [7, 11) is 4.01. The summed E-state index contributed by atoms with van der Waals surface area (Å²) in [5, 5.41) is 12.4. The highest BCUT2D eigenvalue weighted by atomic mass is 32.1. The minimum atomic E-state index is 0.315. The summed E-state index contributed by atoms with van der Waals surface area (Å²) < 4.78 is 0. The van der Waals surface area contributed by atoms with Crippen molar-refractivity contribution in [3.8, 4) is 5.75 Å². The number of thiazole rings is 1. The molecule has 0 saturated carbocycles. The van der Waals surface area contributed by atoms with Crippen LogP contribution in [-0.2, 0) is 6.42 Å². The molecule has 2 aromatic rings. The van der Waals surface area contributed by atoms with Crippen LogP contribution in [0.3, 0.4) is 0 Å². The van der Waals surface area contributed by atoms with Crippen LogP contribution < -0.4 is 4.90 Å². The van der Waals surface area contributed by atoms with Gasteiger partial charge in [-0.25, -0.2) is 4.98 Å². The number of phenols is 1. The Hall–Kier alpha value is -1.55. The third-order valence-electron chi connectivity index (χ3n) is 2.88. The summed E-state index contributed by atoms with van der Waals surface area (Å²) in [5.41, 5.74) is 2.36. The first kappa shape index (κ1) is 12.9. The molecule has 1 atom stereocenters. The van der Waals surface area contributed by atoms with Crippen molar-refractivity contribution in [3.63, 3.8) is 0 Å². The number of benzene rings is 1. The maximum Gasteiger partial charge on any atom is 0.184 e. The number of hydrogen-bond acceptors (Lipinski definition) is 4. The molecule has 0 bridgehead atoms. The van der Waals surface area contributed by atoms with Crippen molar-refractivity contribution >= 4 is 16.5 Å². The molecule has 1 aromatic heterocycles. The summed E-state index contributed by atoms with van der Waals surface area (Å²) in [5.74, 6) is 0.703. The summed E-state index contributed by atoms with van der Waals surface area (Å²) in [6.45, 7) is 2.18. The molecule has 4 heteroatoms. The monoisotopic (exact) mass is 262 g/mol. The minimum absolute atomic E-state index is 0.315. The van der Waals surface area contributed by atoms with Crippen molar-refractivity contribution in [1.82, 2.24) is 4.98 Å². The first-order valence-electron chi connectivity index (χ1n) is 5.97. The lowest BCUT2D eigenvalue weighted by Gasteiger charge is -2.10. The Morgan fingerprint density at radius 2 is 1.94 bits per heavy atom. The van der Waals surface area contributed by atoms with Crippen LogP contribution in [0, 0.1) is 0 Å².